The summed E-state index contributed by atoms with van der Waals surface area (Å²) in [5.41, 5.74) is -0.597. The third-order valence-corrected chi connectivity index (χ3v) is 4.92. The SMILES string of the molecule is CCS(=O)(=O)C[C@@H](C)NC(=O)[C@@H](C)CN(C)C(=O)OC(C)(C)C. The van der Waals surface area contributed by atoms with Crippen LogP contribution in [0.2, 0.25) is 0 Å². The summed E-state index contributed by atoms with van der Waals surface area (Å²) >= 11 is 0. The van der Waals surface area contributed by atoms with Gasteiger partial charge in [0, 0.05) is 25.4 Å². The Balaban J connectivity index is 4.48. The first-order chi connectivity index (χ1) is 10.3. The number of ether oxygens (including phenoxy) is 1. The van der Waals surface area contributed by atoms with E-state index in [2.05, 4.69) is 5.32 Å². The number of hydrogen-bond acceptors (Lipinski definition) is 5. The van der Waals surface area contributed by atoms with E-state index in [9.17, 15) is 18.0 Å². The fourth-order valence-electron chi connectivity index (χ4n) is 1.83. The van der Waals surface area contributed by atoms with Crippen molar-refractivity contribution in [3.05, 3.63) is 0 Å². The molecule has 7 nitrogen and oxygen atoms in total. The highest BCUT2D eigenvalue weighted by atomic mass is 32.2. The molecule has 136 valence electrons. The smallest absolute Gasteiger partial charge is 0.410 e. The monoisotopic (exact) mass is 350 g/mol. The molecule has 8 heteroatoms. The fraction of sp³-hybridized carbons (Fsp3) is 0.867. The molecule has 2 amide bonds. The second-order valence-electron chi connectivity index (χ2n) is 6.87. The molecule has 0 spiro atoms. The lowest BCUT2D eigenvalue weighted by Gasteiger charge is -2.26. The lowest BCUT2D eigenvalue weighted by Crippen LogP contribution is -2.44. The zero-order valence-electron chi connectivity index (χ0n) is 15.2. The number of rotatable bonds is 7. The van der Waals surface area contributed by atoms with Crippen LogP contribution in [-0.2, 0) is 19.4 Å². The summed E-state index contributed by atoms with van der Waals surface area (Å²) < 4.78 is 28.3. The molecule has 0 aliphatic carbocycles. The van der Waals surface area contributed by atoms with Gasteiger partial charge < -0.3 is 15.0 Å². The van der Waals surface area contributed by atoms with Gasteiger partial charge in [-0.2, -0.15) is 0 Å². The third-order valence-electron chi connectivity index (χ3n) is 3.03. The fourth-order valence-corrected chi connectivity index (χ4v) is 2.91. The van der Waals surface area contributed by atoms with E-state index in [1.807, 2.05) is 0 Å². The molecule has 0 bridgehead atoms. The van der Waals surface area contributed by atoms with E-state index in [-0.39, 0.29) is 24.0 Å². The van der Waals surface area contributed by atoms with Gasteiger partial charge in [0.15, 0.2) is 9.84 Å². The Morgan fingerprint density at radius 1 is 1.22 bits per heavy atom. The molecule has 0 unspecified atom stereocenters. The highest BCUT2D eigenvalue weighted by Crippen LogP contribution is 2.10. The molecule has 23 heavy (non-hydrogen) atoms. The Morgan fingerprint density at radius 2 is 1.74 bits per heavy atom. The molecular formula is C15H30N2O5S. The van der Waals surface area contributed by atoms with Crippen LogP contribution in [0.15, 0.2) is 0 Å². The van der Waals surface area contributed by atoms with Crippen molar-refractivity contribution in [2.24, 2.45) is 5.92 Å². The van der Waals surface area contributed by atoms with Crippen molar-refractivity contribution in [3.63, 3.8) is 0 Å². The number of nitrogens with one attached hydrogen (secondary N) is 1. The molecule has 0 fully saturated rings. The Kier molecular flexibility index (Phi) is 8.03. The zero-order chi connectivity index (χ0) is 18.4. The van der Waals surface area contributed by atoms with E-state index < -0.39 is 33.5 Å². The van der Waals surface area contributed by atoms with Crippen molar-refractivity contribution < 1.29 is 22.7 Å². The normalized spacial score (nSPS) is 14.7. The maximum Gasteiger partial charge on any atom is 0.410 e. The summed E-state index contributed by atoms with van der Waals surface area (Å²) in [6, 6.07) is -0.471. The molecule has 1 N–H and O–H groups in total. The maximum absolute atomic E-state index is 12.1. The van der Waals surface area contributed by atoms with E-state index >= 15 is 0 Å². The molecule has 0 aromatic rings. The van der Waals surface area contributed by atoms with E-state index in [0.29, 0.717) is 0 Å². The van der Waals surface area contributed by atoms with Crippen molar-refractivity contribution in [2.45, 2.75) is 53.2 Å². The topological polar surface area (TPSA) is 92.8 Å². The van der Waals surface area contributed by atoms with Crippen molar-refractivity contribution in [1.29, 1.82) is 0 Å². The summed E-state index contributed by atoms with van der Waals surface area (Å²) in [4.78, 5) is 25.3. The van der Waals surface area contributed by atoms with Crippen LogP contribution >= 0.6 is 0 Å². The molecule has 0 radical (unpaired) electrons. The average molecular weight is 350 g/mol. The predicted octanol–water partition coefficient (Wildman–Crippen LogP) is 1.43. The van der Waals surface area contributed by atoms with Gasteiger partial charge in [-0.1, -0.05) is 13.8 Å². The highest BCUT2D eigenvalue weighted by molar-refractivity contribution is 7.91. The van der Waals surface area contributed by atoms with Gasteiger partial charge in [-0.15, -0.1) is 0 Å². The first-order valence-corrected chi connectivity index (χ1v) is 9.54. The van der Waals surface area contributed by atoms with Gasteiger partial charge in [0.25, 0.3) is 0 Å². The third kappa shape index (κ3) is 9.43. The number of nitrogens with zero attached hydrogens (tertiary/aromatic N) is 1. The Morgan fingerprint density at radius 3 is 2.17 bits per heavy atom. The molecular weight excluding hydrogens is 320 g/mol. The molecule has 0 aliphatic heterocycles. The van der Waals surface area contributed by atoms with Crippen LogP contribution in [0.5, 0.6) is 0 Å². The second-order valence-corrected chi connectivity index (χ2v) is 9.27. The van der Waals surface area contributed by atoms with E-state index in [4.69, 9.17) is 4.74 Å². The van der Waals surface area contributed by atoms with Gasteiger partial charge in [0.1, 0.15) is 5.60 Å². The first-order valence-electron chi connectivity index (χ1n) is 7.72. The maximum atomic E-state index is 12.1. The van der Waals surface area contributed by atoms with E-state index in [1.165, 1.54) is 4.90 Å². The van der Waals surface area contributed by atoms with Gasteiger partial charge in [-0.25, -0.2) is 13.2 Å². The van der Waals surface area contributed by atoms with Crippen LogP contribution < -0.4 is 5.32 Å². The van der Waals surface area contributed by atoms with Gasteiger partial charge >= 0.3 is 6.09 Å². The largest absolute Gasteiger partial charge is 0.444 e. The van der Waals surface area contributed by atoms with E-state index in [1.54, 1.807) is 48.6 Å². The minimum Gasteiger partial charge on any atom is -0.444 e. The summed E-state index contributed by atoms with van der Waals surface area (Å²) in [6.07, 6.45) is -0.501. The predicted molar refractivity (Wildman–Crippen MR) is 90.0 cm³/mol. The molecule has 2 atom stereocenters. The molecule has 0 aliphatic rings. The van der Waals surface area contributed by atoms with Gasteiger partial charge in [0.05, 0.1) is 11.7 Å². The lowest BCUT2D eigenvalue weighted by atomic mass is 10.1. The van der Waals surface area contributed by atoms with Crippen LogP contribution in [-0.4, -0.2) is 62.1 Å². The zero-order valence-corrected chi connectivity index (χ0v) is 16.0. The van der Waals surface area contributed by atoms with Crippen molar-refractivity contribution >= 4 is 21.8 Å². The van der Waals surface area contributed by atoms with Crippen LogP contribution in [0.1, 0.15) is 41.5 Å². The summed E-state index contributed by atoms with van der Waals surface area (Å²) in [5, 5.41) is 2.67. The van der Waals surface area contributed by atoms with Crippen LogP contribution in [0.4, 0.5) is 4.79 Å². The number of sulfone groups is 1. The molecule has 0 saturated carbocycles. The van der Waals surface area contributed by atoms with Crippen LogP contribution in [0.25, 0.3) is 0 Å². The summed E-state index contributed by atoms with van der Waals surface area (Å²) in [5.74, 6) is -0.813. The Bertz CT molecular complexity index is 510. The number of hydrogen-bond donors (Lipinski definition) is 1. The van der Waals surface area contributed by atoms with Crippen molar-refractivity contribution in [2.75, 3.05) is 25.1 Å². The molecule has 0 heterocycles. The van der Waals surface area contributed by atoms with Gasteiger partial charge in [-0.3, -0.25) is 4.79 Å². The lowest BCUT2D eigenvalue weighted by molar-refractivity contribution is -0.125. The second kappa shape index (κ2) is 8.52. The molecule has 0 aromatic carbocycles. The quantitative estimate of drug-likeness (QED) is 0.750. The van der Waals surface area contributed by atoms with Gasteiger partial charge in [-0.05, 0) is 27.7 Å². The van der Waals surface area contributed by atoms with Crippen LogP contribution in [0.3, 0.4) is 0 Å². The highest BCUT2D eigenvalue weighted by Gasteiger charge is 2.24. The minimum atomic E-state index is -3.15. The average Bonchev–Trinajstić information content (AvgIpc) is 2.35. The first kappa shape index (κ1) is 21.7. The Hall–Kier alpha value is -1.31. The summed E-state index contributed by atoms with van der Waals surface area (Å²) in [6.45, 7) is 10.4. The summed E-state index contributed by atoms with van der Waals surface area (Å²) in [7, 11) is -1.59. The van der Waals surface area contributed by atoms with Crippen molar-refractivity contribution in [1.82, 2.24) is 10.2 Å². The van der Waals surface area contributed by atoms with Crippen LogP contribution in [0, 0.1) is 5.92 Å². The Labute approximate surface area is 139 Å². The minimum absolute atomic E-state index is 0.0458. The van der Waals surface area contributed by atoms with Gasteiger partial charge in [0.2, 0.25) is 5.91 Å². The number of amides is 2. The number of carbonyl (C=O) groups is 2. The van der Waals surface area contributed by atoms with Crippen molar-refractivity contribution in [3.8, 4) is 0 Å². The van der Waals surface area contributed by atoms with E-state index in [0.717, 1.165) is 0 Å². The molecule has 0 rings (SSSR count). The molecule has 0 saturated heterocycles. The standard InChI is InChI=1S/C15H30N2O5S/c1-8-23(20,21)10-12(3)16-13(18)11(2)9-17(7)14(19)22-15(4,5)6/h11-12H,8-10H2,1-7H3,(H,16,18)/t11-,12+/m0/s1. The number of carbonyl (C=O) groups excluding carboxylic acids is 2. The molecule has 0 aromatic heterocycles.